The van der Waals surface area contributed by atoms with Crippen molar-refractivity contribution in [2.75, 3.05) is 6.61 Å². The Hall–Kier alpha value is -2.37. The van der Waals surface area contributed by atoms with Crippen LogP contribution < -0.4 is 10.1 Å². The van der Waals surface area contributed by atoms with Gasteiger partial charge in [-0.15, -0.1) is 0 Å². The van der Waals surface area contributed by atoms with E-state index in [0.717, 1.165) is 11.3 Å². The van der Waals surface area contributed by atoms with Crippen molar-refractivity contribution in [2.24, 2.45) is 5.41 Å². The first-order chi connectivity index (χ1) is 11.8. The zero-order valence-corrected chi connectivity index (χ0v) is 15.6. The summed E-state index contributed by atoms with van der Waals surface area (Å²) in [6, 6.07) is 7.61. The van der Waals surface area contributed by atoms with Crippen LogP contribution in [0.25, 0.3) is 11.4 Å². The highest BCUT2D eigenvalue weighted by Gasteiger charge is 2.21. The molecule has 2 rings (SSSR count). The Morgan fingerprint density at radius 3 is 2.56 bits per heavy atom. The number of nitrogens with zero attached hydrogens (tertiary/aromatic N) is 2. The molecule has 136 valence electrons. The van der Waals surface area contributed by atoms with Gasteiger partial charge in [0.25, 0.3) is 0 Å². The normalized spacial score (nSPS) is 12.7. The number of rotatable bonds is 7. The fourth-order valence-corrected chi connectivity index (χ4v) is 2.09. The number of aryl methyl sites for hydroxylation is 1. The van der Waals surface area contributed by atoms with Crippen molar-refractivity contribution in [2.45, 2.75) is 53.5 Å². The predicted molar refractivity (Wildman–Crippen MR) is 96.3 cm³/mol. The van der Waals surface area contributed by atoms with E-state index in [1.165, 1.54) is 0 Å². The van der Waals surface area contributed by atoms with E-state index in [0.29, 0.717) is 31.2 Å². The van der Waals surface area contributed by atoms with Gasteiger partial charge in [-0.2, -0.15) is 4.98 Å². The van der Waals surface area contributed by atoms with Crippen molar-refractivity contribution in [1.82, 2.24) is 15.5 Å². The van der Waals surface area contributed by atoms with Gasteiger partial charge in [-0.25, -0.2) is 0 Å². The monoisotopic (exact) mass is 345 g/mol. The second-order valence-electron chi connectivity index (χ2n) is 7.12. The molecule has 25 heavy (non-hydrogen) atoms. The van der Waals surface area contributed by atoms with Gasteiger partial charge in [0.2, 0.25) is 17.6 Å². The summed E-state index contributed by atoms with van der Waals surface area (Å²) in [7, 11) is 0. The van der Waals surface area contributed by atoms with Crippen LogP contribution in [0.15, 0.2) is 28.8 Å². The van der Waals surface area contributed by atoms with Crippen LogP contribution in [0.5, 0.6) is 5.75 Å². The standard InChI is InChI=1S/C19H27N3O3/c1-6-24-15-9-7-14(8-10-15)18-21-17(25-22-18)12-11-16(23)20-13(2)19(3,4)5/h7-10,13H,6,11-12H2,1-5H3,(H,20,23). The van der Waals surface area contributed by atoms with E-state index in [2.05, 4.69) is 36.2 Å². The van der Waals surface area contributed by atoms with Gasteiger partial charge in [-0.05, 0) is 43.5 Å². The molecule has 6 heteroatoms. The van der Waals surface area contributed by atoms with Gasteiger partial charge >= 0.3 is 0 Å². The molecule has 6 nitrogen and oxygen atoms in total. The van der Waals surface area contributed by atoms with E-state index >= 15 is 0 Å². The van der Waals surface area contributed by atoms with Crippen LogP contribution in [0, 0.1) is 5.41 Å². The maximum absolute atomic E-state index is 12.0. The lowest BCUT2D eigenvalue weighted by molar-refractivity contribution is -0.122. The minimum Gasteiger partial charge on any atom is -0.494 e. The van der Waals surface area contributed by atoms with E-state index in [-0.39, 0.29) is 17.4 Å². The third-order valence-corrected chi connectivity index (χ3v) is 4.13. The molecule has 0 saturated carbocycles. The number of carbonyl (C=O) groups excluding carboxylic acids is 1. The summed E-state index contributed by atoms with van der Waals surface area (Å²) in [4.78, 5) is 16.4. The van der Waals surface area contributed by atoms with Crippen molar-refractivity contribution in [1.29, 1.82) is 0 Å². The van der Waals surface area contributed by atoms with Crippen LogP contribution >= 0.6 is 0 Å². The number of ether oxygens (including phenoxy) is 1. The molecule has 0 fully saturated rings. The van der Waals surface area contributed by atoms with Gasteiger partial charge < -0.3 is 14.6 Å². The number of amides is 1. The Bertz CT molecular complexity index is 687. The van der Waals surface area contributed by atoms with E-state index in [4.69, 9.17) is 9.26 Å². The summed E-state index contributed by atoms with van der Waals surface area (Å²) < 4.78 is 10.7. The van der Waals surface area contributed by atoms with Gasteiger partial charge in [-0.1, -0.05) is 25.9 Å². The minimum absolute atomic E-state index is 0.0109. The van der Waals surface area contributed by atoms with Crippen molar-refractivity contribution >= 4 is 5.91 Å². The van der Waals surface area contributed by atoms with Crippen molar-refractivity contribution in [3.05, 3.63) is 30.2 Å². The summed E-state index contributed by atoms with van der Waals surface area (Å²) >= 11 is 0. The van der Waals surface area contributed by atoms with Crippen LogP contribution in [0.2, 0.25) is 0 Å². The van der Waals surface area contributed by atoms with Gasteiger partial charge in [0, 0.05) is 24.4 Å². The molecule has 0 aliphatic rings. The first-order valence-electron chi connectivity index (χ1n) is 8.64. The second-order valence-corrected chi connectivity index (χ2v) is 7.12. The number of carbonyl (C=O) groups is 1. The molecule has 1 amide bonds. The molecular weight excluding hydrogens is 318 g/mol. The van der Waals surface area contributed by atoms with Crippen molar-refractivity contribution < 1.29 is 14.1 Å². The van der Waals surface area contributed by atoms with Crippen LogP contribution in [-0.2, 0) is 11.2 Å². The third kappa shape index (κ3) is 5.59. The lowest BCUT2D eigenvalue weighted by atomic mass is 9.88. The molecular formula is C19H27N3O3. The molecule has 0 spiro atoms. The van der Waals surface area contributed by atoms with Crippen molar-refractivity contribution in [3.8, 4) is 17.1 Å². The van der Waals surface area contributed by atoms with Crippen LogP contribution in [-0.4, -0.2) is 28.7 Å². The average molecular weight is 345 g/mol. The number of aromatic nitrogens is 2. The summed E-state index contributed by atoms with van der Waals surface area (Å²) in [6.07, 6.45) is 0.748. The molecule has 2 aromatic rings. The molecule has 1 aromatic carbocycles. The first-order valence-corrected chi connectivity index (χ1v) is 8.64. The molecule has 1 N–H and O–H groups in total. The minimum atomic E-state index is -0.0109. The molecule has 0 bridgehead atoms. The Labute approximate surface area is 149 Å². The number of nitrogens with one attached hydrogen (secondary N) is 1. The lowest BCUT2D eigenvalue weighted by Gasteiger charge is -2.28. The van der Waals surface area contributed by atoms with Gasteiger partial charge in [0.15, 0.2) is 0 Å². The summed E-state index contributed by atoms with van der Waals surface area (Å²) in [5.74, 6) is 1.77. The summed E-state index contributed by atoms with van der Waals surface area (Å²) in [5.41, 5.74) is 0.880. The quantitative estimate of drug-likeness (QED) is 0.829. The first kappa shape index (κ1) is 19.0. The van der Waals surface area contributed by atoms with E-state index in [1.54, 1.807) is 0 Å². The lowest BCUT2D eigenvalue weighted by Crippen LogP contribution is -2.41. The largest absolute Gasteiger partial charge is 0.494 e. The SMILES string of the molecule is CCOc1ccc(-c2noc(CCC(=O)NC(C)C(C)(C)C)n2)cc1. The summed E-state index contributed by atoms with van der Waals surface area (Å²) in [5, 5.41) is 6.99. The third-order valence-electron chi connectivity index (χ3n) is 4.13. The van der Waals surface area contributed by atoms with Crippen LogP contribution in [0.4, 0.5) is 0 Å². The molecule has 0 aliphatic carbocycles. The second kappa shape index (κ2) is 8.14. The molecule has 1 atom stereocenters. The highest BCUT2D eigenvalue weighted by molar-refractivity contribution is 5.76. The molecule has 0 saturated heterocycles. The Morgan fingerprint density at radius 1 is 1.28 bits per heavy atom. The fourth-order valence-electron chi connectivity index (χ4n) is 2.09. The Balaban J connectivity index is 1.90. The van der Waals surface area contributed by atoms with Gasteiger partial charge in [0.1, 0.15) is 5.75 Å². The van der Waals surface area contributed by atoms with Crippen molar-refractivity contribution in [3.63, 3.8) is 0 Å². The fraction of sp³-hybridized carbons (Fsp3) is 0.526. The highest BCUT2D eigenvalue weighted by Crippen LogP contribution is 2.21. The Morgan fingerprint density at radius 2 is 1.96 bits per heavy atom. The zero-order chi connectivity index (χ0) is 18.4. The average Bonchev–Trinajstić information content (AvgIpc) is 3.02. The topological polar surface area (TPSA) is 77.2 Å². The maximum atomic E-state index is 12.0. The van der Waals surface area contributed by atoms with E-state index in [9.17, 15) is 4.79 Å². The molecule has 1 unspecified atom stereocenters. The van der Waals surface area contributed by atoms with E-state index in [1.807, 2.05) is 38.1 Å². The zero-order valence-electron chi connectivity index (χ0n) is 15.6. The van der Waals surface area contributed by atoms with E-state index < -0.39 is 0 Å². The molecule has 0 aliphatic heterocycles. The summed E-state index contributed by atoms with van der Waals surface area (Å²) in [6.45, 7) is 10.9. The number of hydrogen-bond donors (Lipinski definition) is 1. The number of hydrogen-bond acceptors (Lipinski definition) is 5. The van der Waals surface area contributed by atoms with Gasteiger partial charge in [0.05, 0.1) is 6.61 Å². The van der Waals surface area contributed by atoms with Crippen LogP contribution in [0.3, 0.4) is 0 Å². The highest BCUT2D eigenvalue weighted by atomic mass is 16.5. The molecule has 0 radical (unpaired) electrons. The maximum Gasteiger partial charge on any atom is 0.227 e. The molecule has 1 heterocycles. The number of benzene rings is 1. The van der Waals surface area contributed by atoms with Gasteiger partial charge in [-0.3, -0.25) is 4.79 Å². The molecule has 1 aromatic heterocycles. The predicted octanol–water partition coefficient (Wildman–Crippen LogP) is 3.62. The smallest absolute Gasteiger partial charge is 0.227 e. The Kier molecular flexibility index (Phi) is 6.17. The van der Waals surface area contributed by atoms with Crippen LogP contribution in [0.1, 0.15) is 46.9 Å².